The number of rotatable bonds is 9. The van der Waals surface area contributed by atoms with Gasteiger partial charge in [0.2, 0.25) is 5.91 Å². The Labute approximate surface area is 351 Å². The predicted molar refractivity (Wildman–Crippen MR) is 229 cm³/mol. The van der Waals surface area contributed by atoms with E-state index >= 15 is 0 Å². The van der Waals surface area contributed by atoms with Gasteiger partial charge in [-0.15, -0.1) is 11.3 Å². The van der Waals surface area contributed by atoms with E-state index in [1.165, 1.54) is 26.1 Å². The minimum absolute atomic E-state index is 0.110. The van der Waals surface area contributed by atoms with Crippen molar-refractivity contribution in [2.75, 3.05) is 40.9 Å². The summed E-state index contributed by atoms with van der Waals surface area (Å²) in [6.07, 6.45) is 3.30. The van der Waals surface area contributed by atoms with Crippen molar-refractivity contribution < 1.29 is 28.7 Å². The first-order valence-corrected chi connectivity index (χ1v) is 21.6. The van der Waals surface area contributed by atoms with Crippen molar-refractivity contribution in [3.8, 4) is 22.5 Å². The summed E-state index contributed by atoms with van der Waals surface area (Å²) in [5.41, 5.74) is 9.37. The molecule has 4 amide bonds. The molecule has 15 heteroatoms. The molecule has 6 bridgehead atoms. The zero-order chi connectivity index (χ0) is 42.8. The Bertz CT molecular complexity index is 2180. The molecule has 5 heterocycles. The smallest absolute Gasteiger partial charge is 0.324 e. The lowest BCUT2D eigenvalue weighted by molar-refractivity contribution is -0.155. The number of methoxy groups -OCH3 is 1. The maximum atomic E-state index is 14.4. The summed E-state index contributed by atoms with van der Waals surface area (Å²) in [4.78, 5) is 68.4. The number of likely N-dealkylation sites (N-methyl/N-ethyl adjacent to an activating group) is 1. The molecule has 0 aliphatic carbocycles. The van der Waals surface area contributed by atoms with Gasteiger partial charge in [-0.3, -0.25) is 24.4 Å². The van der Waals surface area contributed by atoms with E-state index in [2.05, 4.69) is 60.3 Å². The highest BCUT2D eigenvalue weighted by molar-refractivity contribution is 7.10. The maximum Gasteiger partial charge on any atom is 0.324 e. The molecule has 4 atom stereocenters. The Kier molecular flexibility index (Phi) is 13.5. The minimum Gasteiger partial charge on any atom is -0.464 e. The first-order chi connectivity index (χ1) is 28.1. The highest BCUT2D eigenvalue weighted by Crippen LogP contribution is 2.42. The summed E-state index contributed by atoms with van der Waals surface area (Å²) in [6, 6.07) is 7.51. The molecular weight excluding hydrogens is 769 g/mol. The average molecular weight is 829 g/mol. The number of hydrazine groups is 1. The quantitative estimate of drug-likeness (QED) is 0.187. The first-order valence-electron chi connectivity index (χ1n) is 20.7. The van der Waals surface area contributed by atoms with Gasteiger partial charge >= 0.3 is 12.0 Å². The summed E-state index contributed by atoms with van der Waals surface area (Å²) >= 11 is 1.42. The molecule has 2 aliphatic rings. The third kappa shape index (κ3) is 9.17. The van der Waals surface area contributed by atoms with E-state index in [0.717, 1.165) is 44.7 Å². The normalized spacial score (nSPS) is 19.5. The van der Waals surface area contributed by atoms with Gasteiger partial charge in [-0.1, -0.05) is 33.8 Å². The fraction of sp³-hybridized carbons (Fsp3) is 0.545. The van der Waals surface area contributed by atoms with E-state index in [9.17, 15) is 19.2 Å². The summed E-state index contributed by atoms with van der Waals surface area (Å²) in [7, 11) is 4.98. The number of urea groups is 1. The van der Waals surface area contributed by atoms with Crippen LogP contribution in [0, 0.1) is 11.3 Å². The molecule has 0 saturated carbocycles. The molecule has 2 N–H and O–H groups in total. The fourth-order valence-electron chi connectivity index (χ4n) is 8.27. The molecule has 0 unspecified atom stereocenters. The lowest BCUT2D eigenvalue weighted by Gasteiger charge is -2.37. The SMILES string of the molecule is CCN(C)C(=O)N(C)[C@H](C(=O)N[C@H]1Cc2nc(cs2)-c2ccc3c(c2)c(c(-c2cccnc2[C@H](C)OC)n3CC)CC(C)(C)COC(=O)[C@@H]2CCCN(N2)C1=O)C(C)C. The lowest BCUT2D eigenvalue weighted by Crippen LogP contribution is -2.62. The molecule has 1 saturated heterocycles. The molecule has 1 aromatic carbocycles. The Morgan fingerprint density at radius 1 is 1.15 bits per heavy atom. The molecule has 0 spiro atoms. The van der Waals surface area contributed by atoms with Crippen LogP contribution in [0.25, 0.3) is 33.4 Å². The molecule has 6 rings (SSSR count). The standard InChI is InChI=1S/C44H60N8O6S/c1-11-49(8)43(56)50(9)38(26(3)4)40(53)47-33-22-36-46-34(24-59-36)28-17-18-35-30(21-28)31(39(51(35)12-2)29-15-13-19-45-37(29)27(5)57-10)23-44(6,7)25-58-42(55)32-16-14-20-52(48-32)41(33)54/h13,15,17-19,21,24,26-27,32-33,38,48H,11-12,14,16,20,22-23,25H2,1-10H3,(H,47,53)/t27-,32-,33-,38-/m0/s1. The predicted octanol–water partition coefficient (Wildman–Crippen LogP) is 6.23. The first kappa shape index (κ1) is 43.7. The van der Waals surface area contributed by atoms with Gasteiger partial charge in [0.05, 0.1) is 34.8 Å². The van der Waals surface area contributed by atoms with Gasteiger partial charge in [-0.25, -0.2) is 15.2 Å². The van der Waals surface area contributed by atoms with Crippen molar-refractivity contribution in [3.63, 3.8) is 0 Å². The number of amides is 4. The van der Waals surface area contributed by atoms with Gasteiger partial charge in [-0.05, 0) is 75.8 Å². The van der Waals surface area contributed by atoms with Gasteiger partial charge < -0.3 is 29.2 Å². The monoisotopic (exact) mass is 828 g/mol. The molecule has 0 radical (unpaired) electrons. The third-order valence-electron chi connectivity index (χ3n) is 11.6. The molecule has 3 aromatic heterocycles. The van der Waals surface area contributed by atoms with Crippen LogP contribution >= 0.6 is 11.3 Å². The van der Waals surface area contributed by atoms with Crippen LogP contribution in [-0.4, -0.2) is 112 Å². The van der Waals surface area contributed by atoms with Crippen LogP contribution in [0.3, 0.4) is 0 Å². The summed E-state index contributed by atoms with van der Waals surface area (Å²) in [5.74, 6) is -1.53. The molecule has 59 heavy (non-hydrogen) atoms. The molecule has 2 aliphatic heterocycles. The number of thiazole rings is 1. The zero-order valence-corrected chi connectivity index (χ0v) is 36.9. The van der Waals surface area contributed by atoms with Crippen molar-refractivity contribution in [2.45, 2.75) is 105 Å². The van der Waals surface area contributed by atoms with E-state index in [0.29, 0.717) is 43.9 Å². The van der Waals surface area contributed by atoms with Gasteiger partial charge in [-0.2, -0.15) is 0 Å². The van der Waals surface area contributed by atoms with Crippen molar-refractivity contribution in [1.29, 1.82) is 0 Å². The third-order valence-corrected chi connectivity index (χ3v) is 12.4. The summed E-state index contributed by atoms with van der Waals surface area (Å²) in [5, 5.41) is 8.14. The number of benzene rings is 1. The number of cyclic esters (lactones) is 1. The number of nitrogens with zero attached hydrogens (tertiary/aromatic N) is 6. The Morgan fingerprint density at radius 2 is 1.92 bits per heavy atom. The number of aryl methyl sites for hydroxylation is 1. The van der Waals surface area contributed by atoms with Crippen LogP contribution in [-0.2, 0) is 43.2 Å². The van der Waals surface area contributed by atoms with Crippen molar-refractivity contribution in [2.24, 2.45) is 11.3 Å². The van der Waals surface area contributed by atoms with Crippen LogP contribution in [0.2, 0.25) is 0 Å². The number of esters is 1. The van der Waals surface area contributed by atoms with Crippen molar-refractivity contribution >= 4 is 46.1 Å². The van der Waals surface area contributed by atoms with Crippen molar-refractivity contribution in [3.05, 3.63) is 58.2 Å². The average Bonchev–Trinajstić information content (AvgIpc) is 3.82. The molecule has 318 valence electrons. The minimum atomic E-state index is -1.03. The van der Waals surface area contributed by atoms with E-state index in [1.54, 1.807) is 27.4 Å². The van der Waals surface area contributed by atoms with Gasteiger partial charge in [0, 0.05) is 86.3 Å². The highest BCUT2D eigenvalue weighted by Gasteiger charge is 2.38. The number of nitrogens with one attached hydrogen (secondary N) is 2. The molecular formula is C44H60N8O6S. The fourth-order valence-corrected chi connectivity index (χ4v) is 9.12. The second-order valence-electron chi connectivity index (χ2n) is 16.9. The van der Waals surface area contributed by atoms with E-state index in [-0.39, 0.29) is 31.1 Å². The Morgan fingerprint density at radius 3 is 2.61 bits per heavy atom. The number of carbonyl (C=O) groups excluding carboxylic acids is 4. The molecule has 4 aromatic rings. The van der Waals surface area contributed by atoms with Crippen molar-refractivity contribution in [1.82, 2.24) is 40.1 Å². The number of hydrogen-bond acceptors (Lipinski definition) is 10. The highest BCUT2D eigenvalue weighted by atomic mass is 32.1. The van der Waals surface area contributed by atoms with Crippen LogP contribution in [0.15, 0.2) is 41.9 Å². The zero-order valence-electron chi connectivity index (χ0n) is 36.1. The number of fused-ring (bicyclic) bond motifs is 6. The number of carbonyl (C=O) groups is 4. The van der Waals surface area contributed by atoms with Gasteiger partial charge in [0.15, 0.2) is 0 Å². The van der Waals surface area contributed by atoms with Crippen LogP contribution in [0.5, 0.6) is 0 Å². The number of ether oxygens (including phenoxy) is 2. The van der Waals surface area contributed by atoms with E-state index < -0.39 is 41.3 Å². The van der Waals surface area contributed by atoms with Crippen LogP contribution < -0.4 is 10.7 Å². The second kappa shape index (κ2) is 18.2. The van der Waals surface area contributed by atoms with E-state index in [1.807, 2.05) is 39.1 Å². The number of aromatic nitrogens is 3. The van der Waals surface area contributed by atoms with Crippen LogP contribution in [0.4, 0.5) is 4.79 Å². The second-order valence-corrected chi connectivity index (χ2v) is 17.8. The van der Waals surface area contributed by atoms with Crippen LogP contribution in [0.1, 0.15) is 83.7 Å². The topological polar surface area (TPSA) is 151 Å². The van der Waals surface area contributed by atoms with E-state index in [4.69, 9.17) is 19.4 Å². The molecule has 1 fully saturated rings. The van der Waals surface area contributed by atoms with Gasteiger partial charge in [0.25, 0.3) is 5.91 Å². The van der Waals surface area contributed by atoms with Gasteiger partial charge in [0.1, 0.15) is 18.1 Å². The largest absolute Gasteiger partial charge is 0.464 e. The molecule has 14 nitrogen and oxygen atoms in total. The summed E-state index contributed by atoms with van der Waals surface area (Å²) < 4.78 is 14.2. The summed E-state index contributed by atoms with van der Waals surface area (Å²) in [6.45, 7) is 15.6. The Balaban J connectivity index is 1.46. The lowest BCUT2D eigenvalue weighted by atomic mass is 9.84. The number of hydrogen-bond donors (Lipinski definition) is 2. The Hall–Kier alpha value is -4.86. The number of pyridine rings is 1. The maximum absolute atomic E-state index is 14.4.